The predicted molar refractivity (Wildman–Crippen MR) is 60.1 cm³/mol. The third-order valence-corrected chi connectivity index (χ3v) is 2.30. The largest absolute Gasteiger partial charge is 0.381 e. The quantitative estimate of drug-likeness (QED) is 0.832. The van der Waals surface area contributed by atoms with Gasteiger partial charge >= 0.3 is 0 Å². The summed E-state index contributed by atoms with van der Waals surface area (Å²) in [6, 6.07) is 13.2. The van der Waals surface area contributed by atoms with E-state index in [4.69, 9.17) is 0 Å². The molecule has 0 aliphatic heterocycles. The molecule has 0 atom stereocenters. The molecule has 0 saturated carbocycles. The van der Waals surface area contributed by atoms with E-state index in [1.807, 2.05) is 30.3 Å². The van der Waals surface area contributed by atoms with Gasteiger partial charge in [0.15, 0.2) is 0 Å². The Kier molecular flexibility index (Phi) is 3.15. The van der Waals surface area contributed by atoms with E-state index in [9.17, 15) is 8.78 Å². The molecule has 16 heavy (non-hydrogen) atoms. The first-order chi connectivity index (χ1) is 7.77. The fraction of sp³-hybridized carbons (Fsp3) is 0.0769. The molecule has 0 bridgehead atoms. The molecule has 0 spiro atoms. The summed E-state index contributed by atoms with van der Waals surface area (Å²) in [5.41, 5.74) is 0.900. The summed E-state index contributed by atoms with van der Waals surface area (Å²) in [5.74, 6) is -1.05. The van der Waals surface area contributed by atoms with Crippen molar-refractivity contribution in [2.45, 2.75) is 6.54 Å². The van der Waals surface area contributed by atoms with Crippen LogP contribution >= 0.6 is 0 Å². The van der Waals surface area contributed by atoms with Crippen LogP contribution in [0, 0.1) is 11.6 Å². The molecule has 0 saturated heterocycles. The van der Waals surface area contributed by atoms with E-state index >= 15 is 0 Å². The van der Waals surface area contributed by atoms with Crippen LogP contribution in [0.5, 0.6) is 0 Å². The average Bonchev–Trinajstić information content (AvgIpc) is 2.30. The minimum absolute atomic E-state index is 0.0614. The number of para-hydroxylation sites is 1. The number of benzene rings is 2. The number of anilines is 1. The molecule has 2 aromatic carbocycles. The van der Waals surface area contributed by atoms with Crippen molar-refractivity contribution in [2.24, 2.45) is 0 Å². The van der Waals surface area contributed by atoms with Crippen molar-refractivity contribution < 1.29 is 8.78 Å². The fourth-order valence-electron chi connectivity index (χ4n) is 1.45. The van der Waals surface area contributed by atoms with E-state index in [0.29, 0.717) is 0 Å². The maximum atomic E-state index is 13.3. The van der Waals surface area contributed by atoms with Crippen LogP contribution < -0.4 is 5.32 Å². The molecule has 2 rings (SSSR count). The van der Waals surface area contributed by atoms with Gasteiger partial charge in [0.05, 0.1) is 0 Å². The SMILES string of the molecule is Fc1cccc(F)c1CNc1ccccc1. The highest BCUT2D eigenvalue weighted by molar-refractivity contribution is 5.43. The first-order valence-corrected chi connectivity index (χ1v) is 4.99. The Bertz CT molecular complexity index is 448. The Balaban J connectivity index is 2.11. The Morgan fingerprint density at radius 3 is 2.06 bits per heavy atom. The third-order valence-electron chi connectivity index (χ3n) is 2.30. The summed E-state index contributed by atoms with van der Waals surface area (Å²) in [4.78, 5) is 0. The molecule has 0 unspecified atom stereocenters. The van der Waals surface area contributed by atoms with Crippen LogP contribution in [0.2, 0.25) is 0 Å². The molecule has 82 valence electrons. The number of rotatable bonds is 3. The van der Waals surface area contributed by atoms with E-state index in [0.717, 1.165) is 5.69 Å². The fourth-order valence-corrected chi connectivity index (χ4v) is 1.45. The molecule has 0 aliphatic rings. The summed E-state index contributed by atoms with van der Waals surface area (Å²) in [5, 5.41) is 2.96. The maximum Gasteiger partial charge on any atom is 0.131 e. The van der Waals surface area contributed by atoms with Gasteiger partial charge in [-0.15, -0.1) is 0 Å². The van der Waals surface area contributed by atoms with Crippen molar-refractivity contribution in [1.82, 2.24) is 0 Å². The summed E-state index contributed by atoms with van der Waals surface area (Å²) in [6.07, 6.45) is 0. The van der Waals surface area contributed by atoms with Gasteiger partial charge in [-0.05, 0) is 24.3 Å². The number of halogens is 2. The van der Waals surface area contributed by atoms with Crippen LogP contribution in [0.4, 0.5) is 14.5 Å². The third kappa shape index (κ3) is 2.37. The lowest BCUT2D eigenvalue weighted by atomic mass is 10.2. The molecular formula is C13H11F2N. The van der Waals surface area contributed by atoms with E-state index in [-0.39, 0.29) is 12.1 Å². The Morgan fingerprint density at radius 2 is 1.44 bits per heavy atom. The standard InChI is InChI=1S/C13H11F2N/c14-12-7-4-8-13(15)11(12)9-16-10-5-2-1-3-6-10/h1-8,16H,9H2. The highest BCUT2D eigenvalue weighted by Crippen LogP contribution is 2.14. The normalized spacial score (nSPS) is 10.1. The number of hydrogen-bond acceptors (Lipinski definition) is 1. The number of hydrogen-bond donors (Lipinski definition) is 1. The maximum absolute atomic E-state index is 13.3. The monoisotopic (exact) mass is 219 g/mol. The molecule has 0 aliphatic carbocycles. The zero-order chi connectivity index (χ0) is 11.4. The minimum Gasteiger partial charge on any atom is -0.381 e. The van der Waals surface area contributed by atoms with Crippen LogP contribution in [0.1, 0.15) is 5.56 Å². The van der Waals surface area contributed by atoms with Crippen LogP contribution in [-0.2, 0) is 6.54 Å². The molecule has 0 heterocycles. The van der Waals surface area contributed by atoms with Crippen LogP contribution in [0.3, 0.4) is 0 Å². The van der Waals surface area contributed by atoms with E-state index in [1.54, 1.807) is 0 Å². The summed E-state index contributed by atoms with van der Waals surface area (Å²) >= 11 is 0. The molecule has 0 aromatic heterocycles. The van der Waals surface area contributed by atoms with Gasteiger partial charge in [-0.3, -0.25) is 0 Å². The topological polar surface area (TPSA) is 12.0 Å². The van der Waals surface area contributed by atoms with E-state index < -0.39 is 11.6 Å². The second kappa shape index (κ2) is 4.75. The second-order valence-electron chi connectivity index (χ2n) is 3.42. The van der Waals surface area contributed by atoms with Gasteiger partial charge in [0.1, 0.15) is 11.6 Å². The van der Waals surface area contributed by atoms with Crippen LogP contribution in [0.15, 0.2) is 48.5 Å². The van der Waals surface area contributed by atoms with Gasteiger partial charge in [-0.1, -0.05) is 24.3 Å². The zero-order valence-corrected chi connectivity index (χ0v) is 8.58. The van der Waals surface area contributed by atoms with E-state index in [1.165, 1.54) is 18.2 Å². The molecular weight excluding hydrogens is 208 g/mol. The Labute approximate surface area is 92.7 Å². The average molecular weight is 219 g/mol. The Hall–Kier alpha value is -1.90. The summed E-state index contributed by atoms with van der Waals surface area (Å²) in [6.45, 7) is 0.141. The van der Waals surface area contributed by atoms with Crippen molar-refractivity contribution in [3.05, 3.63) is 65.7 Å². The van der Waals surface area contributed by atoms with Crippen molar-refractivity contribution in [2.75, 3.05) is 5.32 Å². The lowest BCUT2D eigenvalue weighted by molar-refractivity contribution is 0.560. The second-order valence-corrected chi connectivity index (χ2v) is 3.42. The van der Waals surface area contributed by atoms with Gasteiger partial charge in [0.25, 0.3) is 0 Å². The van der Waals surface area contributed by atoms with Gasteiger partial charge in [-0.25, -0.2) is 8.78 Å². The lowest BCUT2D eigenvalue weighted by Crippen LogP contribution is -2.04. The molecule has 1 nitrogen and oxygen atoms in total. The molecule has 0 radical (unpaired) electrons. The van der Waals surface area contributed by atoms with E-state index in [2.05, 4.69) is 5.32 Å². The molecule has 0 fully saturated rings. The van der Waals surface area contributed by atoms with Crippen LogP contribution in [-0.4, -0.2) is 0 Å². The highest BCUT2D eigenvalue weighted by atomic mass is 19.1. The van der Waals surface area contributed by atoms with Gasteiger partial charge < -0.3 is 5.32 Å². The molecule has 1 N–H and O–H groups in total. The lowest BCUT2D eigenvalue weighted by Gasteiger charge is -2.07. The van der Waals surface area contributed by atoms with Crippen LogP contribution in [0.25, 0.3) is 0 Å². The number of nitrogens with one attached hydrogen (secondary N) is 1. The summed E-state index contributed by atoms with van der Waals surface area (Å²) in [7, 11) is 0. The van der Waals surface area contributed by atoms with Crippen molar-refractivity contribution in [1.29, 1.82) is 0 Å². The predicted octanol–water partition coefficient (Wildman–Crippen LogP) is 3.58. The molecule has 3 heteroatoms. The van der Waals surface area contributed by atoms with Gasteiger partial charge in [-0.2, -0.15) is 0 Å². The van der Waals surface area contributed by atoms with Crippen molar-refractivity contribution in [3.63, 3.8) is 0 Å². The summed E-state index contributed by atoms with van der Waals surface area (Å²) < 4.78 is 26.5. The smallest absolute Gasteiger partial charge is 0.131 e. The van der Waals surface area contributed by atoms with Crippen molar-refractivity contribution >= 4 is 5.69 Å². The molecule has 0 amide bonds. The zero-order valence-electron chi connectivity index (χ0n) is 8.58. The Morgan fingerprint density at radius 1 is 0.812 bits per heavy atom. The first kappa shape index (κ1) is 10.6. The van der Waals surface area contributed by atoms with Gasteiger partial charge in [0, 0.05) is 17.8 Å². The van der Waals surface area contributed by atoms with Crippen molar-refractivity contribution in [3.8, 4) is 0 Å². The van der Waals surface area contributed by atoms with Gasteiger partial charge in [0.2, 0.25) is 0 Å². The minimum atomic E-state index is -0.525. The highest BCUT2D eigenvalue weighted by Gasteiger charge is 2.07. The molecule has 2 aromatic rings. The first-order valence-electron chi connectivity index (χ1n) is 4.99.